The molecule has 196 valence electrons. The average molecular weight is 509 g/mol. The van der Waals surface area contributed by atoms with Gasteiger partial charge in [-0.2, -0.15) is 0 Å². The summed E-state index contributed by atoms with van der Waals surface area (Å²) in [6.07, 6.45) is -0.109. The van der Waals surface area contributed by atoms with E-state index in [1.54, 1.807) is 45.0 Å². The quantitative estimate of drug-likeness (QED) is 0.332. The Kier molecular flexibility index (Phi) is 9.00. The number of amides is 5. The van der Waals surface area contributed by atoms with Crippen LogP contribution >= 0.6 is 0 Å². The zero-order valence-electron chi connectivity index (χ0n) is 21.2. The van der Waals surface area contributed by atoms with Gasteiger partial charge in [0.05, 0.1) is 17.7 Å². The van der Waals surface area contributed by atoms with E-state index in [2.05, 4.69) is 16.0 Å². The van der Waals surface area contributed by atoms with Crippen molar-refractivity contribution in [2.24, 2.45) is 0 Å². The van der Waals surface area contributed by atoms with E-state index in [0.717, 1.165) is 10.5 Å². The molecular weight excluding hydrogens is 476 g/mol. The Hall–Kier alpha value is -4.21. The SMILES string of the molecule is CC(C)(C)OC(=O)NCC(=O)NCCCNC(=O)C(Cc1ccccc1)N1C(=O)c2ccccc2C1=O. The molecule has 10 heteroatoms. The van der Waals surface area contributed by atoms with Crippen LogP contribution in [-0.4, -0.2) is 65.9 Å². The van der Waals surface area contributed by atoms with Gasteiger partial charge in [0.1, 0.15) is 11.6 Å². The fourth-order valence-electron chi connectivity index (χ4n) is 3.80. The van der Waals surface area contributed by atoms with Gasteiger partial charge in [-0.05, 0) is 44.9 Å². The summed E-state index contributed by atoms with van der Waals surface area (Å²) in [5.74, 6) is -1.86. The van der Waals surface area contributed by atoms with Gasteiger partial charge in [-0.15, -0.1) is 0 Å². The van der Waals surface area contributed by atoms with Crippen molar-refractivity contribution in [3.8, 4) is 0 Å². The third-order valence-corrected chi connectivity index (χ3v) is 5.48. The predicted octanol–water partition coefficient (Wildman–Crippen LogP) is 2.04. The summed E-state index contributed by atoms with van der Waals surface area (Å²) < 4.78 is 5.07. The summed E-state index contributed by atoms with van der Waals surface area (Å²) in [6.45, 7) is 5.40. The fourth-order valence-corrected chi connectivity index (χ4v) is 3.80. The number of carbonyl (C=O) groups is 5. The van der Waals surface area contributed by atoms with Crippen molar-refractivity contribution in [1.29, 1.82) is 0 Å². The number of hydrogen-bond acceptors (Lipinski definition) is 6. The summed E-state index contributed by atoms with van der Waals surface area (Å²) in [5, 5.41) is 7.79. The van der Waals surface area contributed by atoms with E-state index in [4.69, 9.17) is 4.74 Å². The minimum atomic E-state index is -1.03. The Bertz CT molecular complexity index is 1120. The van der Waals surface area contributed by atoms with Crippen LogP contribution < -0.4 is 16.0 Å². The molecule has 0 spiro atoms. The number of rotatable bonds is 10. The van der Waals surface area contributed by atoms with Crippen molar-refractivity contribution in [3.63, 3.8) is 0 Å². The van der Waals surface area contributed by atoms with Gasteiger partial charge in [-0.3, -0.25) is 24.1 Å². The summed E-state index contributed by atoms with van der Waals surface area (Å²) in [4.78, 5) is 63.8. The summed E-state index contributed by atoms with van der Waals surface area (Å²) in [5.41, 5.74) is 0.704. The molecule has 0 fully saturated rings. The summed E-state index contributed by atoms with van der Waals surface area (Å²) in [7, 11) is 0. The van der Waals surface area contributed by atoms with E-state index in [1.807, 2.05) is 30.3 Å². The third kappa shape index (κ3) is 7.63. The highest BCUT2D eigenvalue weighted by molar-refractivity contribution is 6.22. The first kappa shape index (κ1) is 27.4. The Morgan fingerprint density at radius 2 is 1.41 bits per heavy atom. The molecule has 0 saturated heterocycles. The molecule has 0 aliphatic carbocycles. The first-order chi connectivity index (χ1) is 17.6. The standard InChI is InChI=1S/C27H32N4O6/c1-27(2,3)37-26(36)30-17-22(32)28-14-9-15-29-23(33)21(16-18-10-5-4-6-11-18)31-24(34)19-12-7-8-13-20(19)25(31)35/h4-8,10-13,21H,9,14-17H2,1-3H3,(H,28,32)(H,29,33)(H,30,36). The Balaban J connectivity index is 1.52. The average Bonchev–Trinajstić information content (AvgIpc) is 3.10. The number of alkyl carbamates (subject to hydrolysis) is 1. The topological polar surface area (TPSA) is 134 Å². The van der Waals surface area contributed by atoms with Crippen LogP contribution in [0.2, 0.25) is 0 Å². The van der Waals surface area contributed by atoms with E-state index in [0.29, 0.717) is 6.42 Å². The lowest BCUT2D eigenvalue weighted by molar-refractivity contribution is -0.125. The first-order valence-electron chi connectivity index (χ1n) is 12.1. The van der Waals surface area contributed by atoms with Crippen molar-refractivity contribution < 1.29 is 28.7 Å². The van der Waals surface area contributed by atoms with Crippen molar-refractivity contribution >= 4 is 29.7 Å². The first-order valence-corrected chi connectivity index (χ1v) is 12.1. The van der Waals surface area contributed by atoms with Gasteiger partial charge in [0, 0.05) is 19.5 Å². The molecule has 1 heterocycles. The molecule has 0 bridgehead atoms. The molecule has 2 aromatic rings. The minimum Gasteiger partial charge on any atom is -0.444 e. The van der Waals surface area contributed by atoms with Crippen molar-refractivity contribution in [3.05, 3.63) is 71.3 Å². The van der Waals surface area contributed by atoms with Crippen LogP contribution in [0.15, 0.2) is 54.6 Å². The predicted molar refractivity (Wildman–Crippen MR) is 136 cm³/mol. The van der Waals surface area contributed by atoms with Gasteiger partial charge < -0.3 is 20.7 Å². The maximum Gasteiger partial charge on any atom is 0.408 e. The van der Waals surface area contributed by atoms with Gasteiger partial charge >= 0.3 is 6.09 Å². The minimum absolute atomic E-state index is 0.172. The number of nitrogens with one attached hydrogen (secondary N) is 3. The Morgan fingerprint density at radius 1 is 0.838 bits per heavy atom. The van der Waals surface area contributed by atoms with E-state index < -0.39 is 41.4 Å². The van der Waals surface area contributed by atoms with Gasteiger partial charge in [0.15, 0.2) is 0 Å². The van der Waals surface area contributed by atoms with Crippen LogP contribution in [0.1, 0.15) is 53.5 Å². The van der Waals surface area contributed by atoms with Gasteiger partial charge in [-0.25, -0.2) is 4.79 Å². The maximum absolute atomic E-state index is 13.2. The molecule has 2 aromatic carbocycles. The summed E-state index contributed by atoms with van der Waals surface area (Å²) >= 11 is 0. The molecule has 3 N–H and O–H groups in total. The molecule has 3 rings (SSSR count). The molecule has 37 heavy (non-hydrogen) atoms. The molecule has 0 radical (unpaired) electrons. The molecule has 1 aliphatic heterocycles. The number of fused-ring (bicyclic) bond motifs is 1. The maximum atomic E-state index is 13.2. The highest BCUT2D eigenvalue weighted by Gasteiger charge is 2.42. The second-order valence-electron chi connectivity index (χ2n) is 9.58. The highest BCUT2D eigenvalue weighted by atomic mass is 16.6. The van der Waals surface area contributed by atoms with E-state index >= 15 is 0 Å². The van der Waals surface area contributed by atoms with Gasteiger partial charge in [0.25, 0.3) is 11.8 Å². The van der Waals surface area contributed by atoms with Crippen molar-refractivity contribution in [1.82, 2.24) is 20.9 Å². The molecule has 0 aromatic heterocycles. The molecule has 1 unspecified atom stereocenters. The van der Waals surface area contributed by atoms with Gasteiger partial charge in [-0.1, -0.05) is 42.5 Å². The van der Waals surface area contributed by atoms with Crippen molar-refractivity contribution in [2.45, 2.75) is 45.3 Å². The lowest BCUT2D eigenvalue weighted by Gasteiger charge is -2.25. The van der Waals surface area contributed by atoms with Crippen LogP contribution in [0.3, 0.4) is 0 Å². The normalized spacial score (nSPS) is 13.5. The number of hydrogen-bond donors (Lipinski definition) is 3. The third-order valence-electron chi connectivity index (χ3n) is 5.48. The van der Waals surface area contributed by atoms with E-state index in [9.17, 15) is 24.0 Å². The van der Waals surface area contributed by atoms with Crippen LogP contribution in [0.4, 0.5) is 4.79 Å². The van der Waals surface area contributed by atoms with Crippen LogP contribution in [0.5, 0.6) is 0 Å². The van der Waals surface area contributed by atoms with Crippen molar-refractivity contribution in [2.75, 3.05) is 19.6 Å². The molecule has 1 aliphatic rings. The molecule has 1 atom stereocenters. The zero-order chi connectivity index (χ0) is 27.0. The van der Waals surface area contributed by atoms with E-state index in [1.165, 1.54) is 0 Å². The Labute approximate surface area is 215 Å². The number of carbonyl (C=O) groups excluding carboxylic acids is 5. The number of imide groups is 1. The van der Waals surface area contributed by atoms with Gasteiger partial charge in [0.2, 0.25) is 11.8 Å². The second kappa shape index (κ2) is 12.2. The number of nitrogens with zero attached hydrogens (tertiary/aromatic N) is 1. The number of ether oxygens (including phenoxy) is 1. The van der Waals surface area contributed by atoms with Crippen LogP contribution in [-0.2, 0) is 20.7 Å². The molecule has 10 nitrogen and oxygen atoms in total. The molecule has 5 amide bonds. The lowest BCUT2D eigenvalue weighted by atomic mass is 10.0. The zero-order valence-corrected chi connectivity index (χ0v) is 21.2. The monoisotopic (exact) mass is 508 g/mol. The summed E-state index contributed by atoms with van der Waals surface area (Å²) in [6, 6.07) is 14.6. The van der Waals surface area contributed by atoms with E-state index in [-0.39, 0.29) is 37.2 Å². The largest absolute Gasteiger partial charge is 0.444 e. The number of benzene rings is 2. The molecule has 0 saturated carbocycles. The smallest absolute Gasteiger partial charge is 0.408 e. The van der Waals surface area contributed by atoms with Crippen LogP contribution in [0, 0.1) is 0 Å². The highest BCUT2D eigenvalue weighted by Crippen LogP contribution is 2.26. The fraction of sp³-hybridized carbons (Fsp3) is 0.370. The lowest BCUT2D eigenvalue weighted by Crippen LogP contribution is -2.51. The van der Waals surface area contributed by atoms with Crippen LogP contribution in [0.25, 0.3) is 0 Å². The molecular formula is C27H32N4O6. The Morgan fingerprint density at radius 3 is 2.00 bits per heavy atom. The second-order valence-corrected chi connectivity index (χ2v) is 9.58.